The molecule has 2 rings (SSSR count). The lowest BCUT2D eigenvalue weighted by Gasteiger charge is -2.22. The van der Waals surface area contributed by atoms with E-state index in [-0.39, 0.29) is 11.9 Å². The molecule has 2 aromatic rings. The van der Waals surface area contributed by atoms with Crippen molar-refractivity contribution in [1.29, 1.82) is 0 Å². The van der Waals surface area contributed by atoms with Gasteiger partial charge < -0.3 is 19.5 Å². The molecule has 0 saturated heterocycles. The predicted octanol–water partition coefficient (Wildman–Crippen LogP) is 3.74. The van der Waals surface area contributed by atoms with Crippen LogP contribution in [0.25, 0.3) is 0 Å². The van der Waals surface area contributed by atoms with Crippen LogP contribution in [-0.2, 0) is 4.79 Å². The molecule has 0 fully saturated rings. The highest BCUT2D eigenvalue weighted by Crippen LogP contribution is 2.25. The summed E-state index contributed by atoms with van der Waals surface area (Å²) in [4.78, 5) is 12.6. The van der Waals surface area contributed by atoms with Gasteiger partial charge in [-0.2, -0.15) is 0 Å². The van der Waals surface area contributed by atoms with Gasteiger partial charge in [-0.05, 0) is 31.5 Å². The molecular formula is C20H25NO4. The van der Waals surface area contributed by atoms with Crippen molar-refractivity contribution >= 4 is 5.91 Å². The number of nitrogens with one attached hydrogen (secondary N) is 1. The second kappa shape index (κ2) is 8.97. The molecule has 0 heterocycles. The van der Waals surface area contributed by atoms with Gasteiger partial charge in [-0.25, -0.2) is 0 Å². The second-order valence-corrected chi connectivity index (χ2v) is 5.67. The molecule has 5 nitrogen and oxygen atoms in total. The van der Waals surface area contributed by atoms with Crippen molar-refractivity contribution in [2.75, 3.05) is 14.2 Å². The van der Waals surface area contributed by atoms with Crippen molar-refractivity contribution < 1.29 is 19.0 Å². The number of hydrogen-bond donors (Lipinski definition) is 1. The normalized spacial score (nSPS) is 12.8. The number of benzene rings is 2. The highest BCUT2D eigenvalue weighted by atomic mass is 16.5. The predicted molar refractivity (Wildman–Crippen MR) is 97.3 cm³/mol. The van der Waals surface area contributed by atoms with Gasteiger partial charge in [-0.1, -0.05) is 31.2 Å². The molecule has 134 valence electrons. The summed E-state index contributed by atoms with van der Waals surface area (Å²) in [6.45, 7) is 3.84. The maximum absolute atomic E-state index is 12.6. The summed E-state index contributed by atoms with van der Waals surface area (Å²) in [6, 6.07) is 14.7. The SMILES string of the molecule is CC[C@@H](Oc1cccc(OC)c1)C(=O)N[C@@H](C)c1ccccc1OC. The molecule has 0 aromatic heterocycles. The molecule has 25 heavy (non-hydrogen) atoms. The fraction of sp³-hybridized carbons (Fsp3) is 0.350. The molecule has 0 spiro atoms. The van der Waals surface area contributed by atoms with Crippen LogP contribution < -0.4 is 19.5 Å². The molecule has 2 atom stereocenters. The van der Waals surface area contributed by atoms with E-state index in [0.29, 0.717) is 17.9 Å². The fourth-order valence-electron chi connectivity index (χ4n) is 2.57. The van der Waals surface area contributed by atoms with Crippen LogP contribution in [-0.4, -0.2) is 26.2 Å². The average Bonchev–Trinajstić information content (AvgIpc) is 2.65. The lowest BCUT2D eigenvalue weighted by Crippen LogP contribution is -2.39. The molecule has 2 aromatic carbocycles. The third-order valence-corrected chi connectivity index (χ3v) is 3.95. The quantitative estimate of drug-likeness (QED) is 0.793. The Morgan fingerprint density at radius 2 is 1.76 bits per heavy atom. The molecule has 0 bridgehead atoms. The Bertz CT molecular complexity index is 702. The first-order valence-electron chi connectivity index (χ1n) is 8.33. The molecule has 0 aliphatic heterocycles. The first kappa shape index (κ1) is 18.6. The van der Waals surface area contributed by atoms with E-state index in [1.807, 2.05) is 56.3 Å². The van der Waals surface area contributed by atoms with Crippen LogP contribution in [0.5, 0.6) is 17.2 Å². The third kappa shape index (κ3) is 4.89. The van der Waals surface area contributed by atoms with Crippen LogP contribution in [0.15, 0.2) is 48.5 Å². The van der Waals surface area contributed by atoms with E-state index in [0.717, 1.165) is 11.3 Å². The zero-order valence-corrected chi connectivity index (χ0v) is 15.1. The van der Waals surface area contributed by atoms with Crippen molar-refractivity contribution in [2.45, 2.75) is 32.4 Å². The lowest BCUT2D eigenvalue weighted by molar-refractivity contribution is -0.128. The zero-order chi connectivity index (χ0) is 18.2. The smallest absolute Gasteiger partial charge is 0.261 e. The van der Waals surface area contributed by atoms with Gasteiger partial charge in [0.2, 0.25) is 0 Å². The van der Waals surface area contributed by atoms with Crippen LogP contribution in [0.4, 0.5) is 0 Å². The molecule has 0 radical (unpaired) electrons. The Morgan fingerprint density at radius 1 is 1.04 bits per heavy atom. The second-order valence-electron chi connectivity index (χ2n) is 5.67. The van der Waals surface area contributed by atoms with E-state index in [2.05, 4.69) is 5.32 Å². The molecule has 0 aliphatic rings. The molecule has 1 amide bonds. The topological polar surface area (TPSA) is 56.8 Å². The highest BCUT2D eigenvalue weighted by Gasteiger charge is 2.22. The zero-order valence-electron chi connectivity index (χ0n) is 15.1. The Labute approximate surface area is 148 Å². The summed E-state index contributed by atoms with van der Waals surface area (Å²) >= 11 is 0. The van der Waals surface area contributed by atoms with E-state index in [9.17, 15) is 4.79 Å². The van der Waals surface area contributed by atoms with Crippen molar-refractivity contribution in [1.82, 2.24) is 5.32 Å². The van der Waals surface area contributed by atoms with Gasteiger partial charge in [0, 0.05) is 11.6 Å². The average molecular weight is 343 g/mol. The minimum absolute atomic E-state index is 0.163. The first-order chi connectivity index (χ1) is 12.1. The largest absolute Gasteiger partial charge is 0.497 e. The number of para-hydroxylation sites is 1. The number of hydrogen-bond acceptors (Lipinski definition) is 4. The number of amides is 1. The van der Waals surface area contributed by atoms with E-state index in [1.54, 1.807) is 20.3 Å². The van der Waals surface area contributed by atoms with E-state index in [4.69, 9.17) is 14.2 Å². The fourth-order valence-corrected chi connectivity index (χ4v) is 2.57. The lowest BCUT2D eigenvalue weighted by atomic mass is 10.1. The molecule has 0 saturated carbocycles. The van der Waals surface area contributed by atoms with Gasteiger partial charge in [0.15, 0.2) is 6.10 Å². The van der Waals surface area contributed by atoms with Gasteiger partial charge in [-0.3, -0.25) is 4.79 Å². The van der Waals surface area contributed by atoms with Gasteiger partial charge in [-0.15, -0.1) is 0 Å². The molecular weight excluding hydrogens is 318 g/mol. The summed E-state index contributed by atoms with van der Waals surface area (Å²) in [5.74, 6) is 1.88. The van der Waals surface area contributed by atoms with Crippen LogP contribution in [0.3, 0.4) is 0 Å². The number of rotatable bonds is 8. The summed E-state index contributed by atoms with van der Waals surface area (Å²) in [7, 11) is 3.21. The van der Waals surface area contributed by atoms with Crippen LogP contribution in [0, 0.1) is 0 Å². The Morgan fingerprint density at radius 3 is 2.44 bits per heavy atom. The minimum atomic E-state index is -0.579. The Hall–Kier alpha value is -2.69. The van der Waals surface area contributed by atoms with Crippen molar-refractivity contribution in [3.05, 3.63) is 54.1 Å². The highest BCUT2D eigenvalue weighted by molar-refractivity contribution is 5.81. The summed E-state index contributed by atoms with van der Waals surface area (Å²) in [6.07, 6.45) is -0.0222. The molecule has 1 N–H and O–H groups in total. The summed E-state index contributed by atoms with van der Waals surface area (Å²) in [5.41, 5.74) is 0.926. The number of carbonyl (C=O) groups excluding carboxylic acids is 1. The molecule has 0 unspecified atom stereocenters. The maximum Gasteiger partial charge on any atom is 0.261 e. The number of ether oxygens (including phenoxy) is 3. The molecule has 5 heteroatoms. The van der Waals surface area contributed by atoms with Gasteiger partial charge >= 0.3 is 0 Å². The van der Waals surface area contributed by atoms with Gasteiger partial charge in [0.05, 0.1) is 20.3 Å². The Kier molecular flexibility index (Phi) is 6.69. The van der Waals surface area contributed by atoms with E-state index >= 15 is 0 Å². The van der Waals surface area contributed by atoms with Gasteiger partial charge in [0.25, 0.3) is 5.91 Å². The summed E-state index contributed by atoms with van der Waals surface area (Å²) in [5, 5.41) is 3.00. The third-order valence-electron chi connectivity index (χ3n) is 3.95. The van der Waals surface area contributed by atoms with Crippen molar-refractivity contribution in [2.24, 2.45) is 0 Å². The van der Waals surface area contributed by atoms with Gasteiger partial charge in [0.1, 0.15) is 17.2 Å². The van der Waals surface area contributed by atoms with E-state index in [1.165, 1.54) is 0 Å². The van der Waals surface area contributed by atoms with E-state index < -0.39 is 6.10 Å². The Balaban J connectivity index is 2.06. The van der Waals surface area contributed by atoms with Crippen LogP contribution in [0.2, 0.25) is 0 Å². The summed E-state index contributed by atoms with van der Waals surface area (Å²) < 4.78 is 16.4. The number of carbonyl (C=O) groups is 1. The minimum Gasteiger partial charge on any atom is -0.497 e. The standard InChI is InChI=1S/C20H25NO4/c1-5-18(25-16-10-8-9-15(13-16)23-3)20(22)21-14(2)17-11-6-7-12-19(17)24-4/h6-14,18H,5H2,1-4H3,(H,21,22)/t14-,18+/m0/s1. The molecule has 0 aliphatic carbocycles. The first-order valence-corrected chi connectivity index (χ1v) is 8.33. The number of methoxy groups -OCH3 is 2. The monoisotopic (exact) mass is 343 g/mol. The van der Waals surface area contributed by atoms with Crippen molar-refractivity contribution in [3.8, 4) is 17.2 Å². The van der Waals surface area contributed by atoms with Crippen molar-refractivity contribution in [3.63, 3.8) is 0 Å². The van der Waals surface area contributed by atoms with Crippen LogP contribution >= 0.6 is 0 Å². The van der Waals surface area contributed by atoms with Crippen LogP contribution in [0.1, 0.15) is 31.9 Å². The maximum atomic E-state index is 12.6.